The molecule has 0 aliphatic carbocycles. The topological polar surface area (TPSA) is 32.7 Å². The molecule has 0 fully saturated rings. The van der Waals surface area contributed by atoms with Crippen LogP contribution < -0.4 is 0 Å². The fourth-order valence-electron chi connectivity index (χ4n) is 1.99. The minimum Gasteiger partial charge on any atom is -0.341 e. The molecule has 0 spiro atoms. The van der Waals surface area contributed by atoms with E-state index in [-0.39, 0.29) is 11.9 Å². The van der Waals surface area contributed by atoms with Gasteiger partial charge in [-0.15, -0.1) is 11.8 Å². The Labute approximate surface area is 112 Å². The normalized spacial score (nSPS) is 18.6. The molecular formula is C14H18N2OS. The van der Waals surface area contributed by atoms with Crippen molar-refractivity contribution < 1.29 is 4.79 Å². The average molecular weight is 262 g/mol. The van der Waals surface area contributed by atoms with E-state index in [1.165, 1.54) is 0 Å². The molecule has 96 valence electrons. The first-order valence-electron chi connectivity index (χ1n) is 6.31. The summed E-state index contributed by atoms with van der Waals surface area (Å²) in [5, 5.41) is 0.987. The van der Waals surface area contributed by atoms with E-state index in [9.17, 15) is 4.79 Å². The second kappa shape index (κ2) is 6.05. The van der Waals surface area contributed by atoms with E-state index in [0.717, 1.165) is 29.4 Å². The summed E-state index contributed by atoms with van der Waals surface area (Å²) in [7, 11) is 0. The molecule has 0 saturated heterocycles. The highest BCUT2D eigenvalue weighted by Gasteiger charge is 2.28. The lowest BCUT2D eigenvalue weighted by Gasteiger charge is -2.20. The third kappa shape index (κ3) is 2.75. The Morgan fingerprint density at radius 3 is 2.61 bits per heavy atom. The Balaban J connectivity index is 2.11. The Kier molecular flexibility index (Phi) is 4.42. The van der Waals surface area contributed by atoms with Gasteiger partial charge in [0.1, 0.15) is 6.04 Å². The van der Waals surface area contributed by atoms with Crippen LogP contribution in [0.3, 0.4) is 0 Å². The van der Waals surface area contributed by atoms with Crippen molar-refractivity contribution >= 4 is 22.7 Å². The van der Waals surface area contributed by atoms with Crippen molar-refractivity contribution in [1.29, 1.82) is 0 Å². The van der Waals surface area contributed by atoms with Gasteiger partial charge >= 0.3 is 0 Å². The van der Waals surface area contributed by atoms with E-state index in [2.05, 4.69) is 4.99 Å². The summed E-state index contributed by atoms with van der Waals surface area (Å²) in [5.41, 5.74) is 1.11. The Morgan fingerprint density at radius 1 is 1.33 bits per heavy atom. The van der Waals surface area contributed by atoms with Crippen molar-refractivity contribution in [2.75, 3.05) is 18.8 Å². The molecule has 1 unspecified atom stereocenters. The molecule has 1 amide bonds. The number of benzene rings is 1. The minimum atomic E-state index is -0.204. The lowest BCUT2D eigenvalue weighted by molar-refractivity contribution is -0.131. The molecule has 0 bridgehead atoms. The zero-order valence-corrected chi connectivity index (χ0v) is 11.6. The van der Waals surface area contributed by atoms with E-state index in [4.69, 9.17) is 0 Å². The van der Waals surface area contributed by atoms with E-state index in [0.29, 0.717) is 0 Å². The molecule has 18 heavy (non-hydrogen) atoms. The number of carbonyl (C=O) groups is 1. The molecule has 0 saturated carbocycles. The maximum Gasteiger partial charge on any atom is 0.248 e. The van der Waals surface area contributed by atoms with Crippen LogP contribution in [0.1, 0.15) is 19.4 Å². The van der Waals surface area contributed by atoms with Gasteiger partial charge in [0, 0.05) is 24.4 Å². The van der Waals surface area contributed by atoms with Gasteiger partial charge in [0.15, 0.2) is 0 Å². The van der Waals surface area contributed by atoms with Gasteiger partial charge in [0.2, 0.25) is 5.91 Å². The zero-order valence-electron chi connectivity index (χ0n) is 10.8. The quantitative estimate of drug-likeness (QED) is 0.835. The van der Waals surface area contributed by atoms with E-state index in [1.807, 2.05) is 49.1 Å². The number of nitrogens with zero attached hydrogens (tertiary/aromatic N) is 2. The predicted molar refractivity (Wildman–Crippen MR) is 77.2 cm³/mol. The van der Waals surface area contributed by atoms with Crippen LogP contribution >= 0.6 is 11.8 Å². The Morgan fingerprint density at radius 2 is 2.00 bits per heavy atom. The van der Waals surface area contributed by atoms with Crippen LogP contribution in [0.2, 0.25) is 0 Å². The Hall–Kier alpha value is -1.29. The molecular weight excluding hydrogens is 244 g/mol. The molecule has 1 aromatic carbocycles. The fraction of sp³-hybridized carbons (Fsp3) is 0.429. The van der Waals surface area contributed by atoms with Crippen molar-refractivity contribution in [3.05, 3.63) is 35.9 Å². The summed E-state index contributed by atoms with van der Waals surface area (Å²) < 4.78 is 0. The number of likely N-dealkylation sites (N-methyl/N-ethyl adjacent to an activating group) is 1. The van der Waals surface area contributed by atoms with Gasteiger partial charge in [-0.25, -0.2) is 0 Å². The molecule has 2 rings (SSSR count). The molecule has 1 aliphatic heterocycles. The molecule has 0 radical (unpaired) electrons. The van der Waals surface area contributed by atoms with Gasteiger partial charge in [0.05, 0.1) is 5.04 Å². The van der Waals surface area contributed by atoms with Gasteiger partial charge in [-0.05, 0) is 13.8 Å². The average Bonchev–Trinajstić information content (AvgIpc) is 2.90. The summed E-state index contributed by atoms with van der Waals surface area (Å²) in [6, 6.07) is 9.86. The number of thioether (sulfide) groups is 1. The Bertz CT molecular complexity index is 440. The predicted octanol–water partition coefficient (Wildman–Crippen LogP) is 2.42. The van der Waals surface area contributed by atoms with Crippen LogP contribution in [0.25, 0.3) is 0 Å². The molecule has 1 aliphatic rings. The largest absolute Gasteiger partial charge is 0.341 e. The maximum absolute atomic E-state index is 12.2. The highest BCUT2D eigenvalue weighted by Crippen LogP contribution is 2.24. The summed E-state index contributed by atoms with van der Waals surface area (Å²) in [6.45, 7) is 5.52. The molecule has 4 heteroatoms. The molecule has 1 atom stereocenters. The van der Waals surface area contributed by atoms with Gasteiger partial charge in [-0.3, -0.25) is 9.79 Å². The first-order valence-corrected chi connectivity index (χ1v) is 7.29. The smallest absolute Gasteiger partial charge is 0.248 e. The van der Waals surface area contributed by atoms with Crippen molar-refractivity contribution in [3.63, 3.8) is 0 Å². The number of hydrogen-bond donors (Lipinski definition) is 0. The van der Waals surface area contributed by atoms with Crippen LogP contribution in [-0.4, -0.2) is 40.7 Å². The van der Waals surface area contributed by atoms with Crippen LogP contribution in [-0.2, 0) is 4.79 Å². The summed E-state index contributed by atoms with van der Waals surface area (Å²) in [4.78, 5) is 18.6. The first kappa shape index (κ1) is 13.1. The van der Waals surface area contributed by atoms with Crippen LogP contribution in [0, 0.1) is 0 Å². The monoisotopic (exact) mass is 262 g/mol. The molecule has 1 aromatic rings. The molecule has 0 N–H and O–H groups in total. The van der Waals surface area contributed by atoms with Crippen molar-refractivity contribution in [2.45, 2.75) is 19.9 Å². The lowest BCUT2D eigenvalue weighted by Crippen LogP contribution is -2.38. The number of aliphatic imine (C=N–C) groups is 1. The number of rotatable bonds is 4. The molecule has 1 heterocycles. The van der Waals surface area contributed by atoms with Gasteiger partial charge in [-0.2, -0.15) is 0 Å². The fourth-order valence-corrected chi connectivity index (χ4v) is 3.02. The summed E-state index contributed by atoms with van der Waals surface area (Å²) in [5.74, 6) is 0.915. The lowest BCUT2D eigenvalue weighted by atomic mass is 10.2. The van der Waals surface area contributed by atoms with Crippen molar-refractivity contribution in [2.24, 2.45) is 4.99 Å². The van der Waals surface area contributed by atoms with Crippen LogP contribution in [0.5, 0.6) is 0 Å². The standard InChI is InChI=1S/C14H18N2OS/c1-3-16(4-2)14(17)12-10-18-13(15-12)11-8-6-5-7-9-11/h5-9,12H,3-4,10H2,1-2H3. The number of carbonyl (C=O) groups excluding carboxylic acids is 1. The van der Waals surface area contributed by atoms with Crippen molar-refractivity contribution in [3.8, 4) is 0 Å². The van der Waals surface area contributed by atoms with Gasteiger partial charge in [0.25, 0.3) is 0 Å². The van der Waals surface area contributed by atoms with Crippen molar-refractivity contribution in [1.82, 2.24) is 4.90 Å². The van der Waals surface area contributed by atoms with E-state index < -0.39 is 0 Å². The summed E-state index contributed by atoms with van der Waals surface area (Å²) >= 11 is 1.67. The van der Waals surface area contributed by atoms with E-state index in [1.54, 1.807) is 11.8 Å². The zero-order chi connectivity index (χ0) is 13.0. The number of amides is 1. The second-order valence-corrected chi connectivity index (χ2v) is 5.15. The molecule has 0 aromatic heterocycles. The third-order valence-corrected chi connectivity index (χ3v) is 4.13. The van der Waals surface area contributed by atoms with Gasteiger partial charge in [-0.1, -0.05) is 30.3 Å². The minimum absolute atomic E-state index is 0.151. The van der Waals surface area contributed by atoms with Gasteiger partial charge < -0.3 is 4.90 Å². The van der Waals surface area contributed by atoms with E-state index >= 15 is 0 Å². The number of hydrogen-bond acceptors (Lipinski definition) is 3. The highest BCUT2D eigenvalue weighted by atomic mass is 32.2. The molecule has 3 nitrogen and oxygen atoms in total. The highest BCUT2D eigenvalue weighted by molar-refractivity contribution is 8.14. The third-order valence-electron chi connectivity index (χ3n) is 3.03. The second-order valence-electron chi connectivity index (χ2n) is 4.14. The van der Waals surface area contributed by atoms with Crippen LogP contribution in [0.4, 0.5) is 0 Å². The SMILES string of the molecule is CCN(CC)C(=O)C1CSC(c2ccccc2)=N1. The van der Waals surface area contributed by atoms with Crippen LogP contribution in [0.15, 0.2) is 35.3 Å². The first-order chi connectivity index (χ1) is 8.76. The maximum atomic E-state index is 12.2. The summed E-state index contributed by atoms with van der Waals surface area (Å²) in [6.07, 6.45) is 0.